The van der Waals surface area contributed by atoms with Crippen LogP contribution in [0.4, 0.5) is 5.69 Å². The number of ether oxygens (including phenoxy) is 4. The number of benzene rings is 4. The van der Waals surface area contributed by atoms with Crippen LogP contribution in [0.1, 0.15) is 22.3 Å². The highest BCUT2D eigenvalue weighted by atomic mass is 79.9. The molecule has 0 saturated heterocycles. The molecule has 4 aromatic carbocycles. The first-order valence-electron chi connectivity index (χ1n) is 13.7. The Labute approximate surface area is 271 Å². The van der Waals surface area contributed by atoms with Crippen LogP contribution in [0.3, 0.4) is 0 Å². The quantitative estimate of drug-likeness (QED) is 0.134. The summed E-state index contributed by atoms with van der Waals surface area (Å²) in [4.78, 5) is 13.0. The van der Waals surface area contributed by atoms with Gasteiger partial charge in [0.05, 0.1) is 42.6 Å². The van der Waals surface area contributed by atoms with E-state index in [0.717, 1.165) is 21.0 Å². The molecule has 1 N–H and O–H groups in total. The number of amides is 1. The summed E-state index contributed by atoms with van der Waals surface area (Å²) < 4.78 is 51.3. The molecule has 12 heteroatoms. The van der Waals surface area contributed by atoms with E-state index in [2.05, 4.69) is 26.5 Å². The summed E-state index contributed by atoms with van der Waals surface area (Å²) in [5.74, 6) is 0.952. The summed E-state index contributed by atoms with van der Waals surface area (Å²) in [5.41, 5.74) is 6.45. The Balaban J connectivity index is 1.51. The summed E-state index contributed by atoms with van der Waals surface area (Å²) in [5, 5.41) is 4.06. The van der Waals surface area contributed by atoms with E-state index in [9.17, 15) is 13.2 Å². The summed E-state index contributed by atoms with van der Waals surface area (Å²) in [6.07, 6.45) is 1.42. The highest BCUT2D eigenvalue weighted by Gasteiger charge is 2.28. The van der Waals surface area contributed by atoms with Gasteiger partial charge in [0.15, 0.2) is 23.0 Å². The average molecular weight is 697 g/mol. The van der Waals surface area contributed by atoms with Crippen molar-refractivity contribution in [2.45, 2.75) is 25.3 Å². The number of methoxy groups -OCH3 is 3. The second-order valence-corrected chi connectivity index (χ2v) is 12.7. The minimum absolute atomic E-state index is 0.0707. The molecule has 0 saturated carbocycles. The number of aryl methyl sites for hydroxylation is 2. The van der Waals surface area contributed by atoms with Crippen molar-refractivity contribution in [3.8, 4) is 23.0 Å². The Kier molecular flexibility index (Phi) is 11.1. The second kappa shape index (κ2) is 15.0. The molecule has 0 atom stereocenters. The second-order valence-electron chi connectivity index (χ2n) is 9.97. The van der Waals surface area contributed by atoms with Gasteiger partial charge in [-0.3, -0.25) is 9.10 Å². The molecule has 10 nitrogen and oxygen atoms in total. The van der Waals surface area contributed by atoms with Crippen molar-refractivity contribution < 1.29 is 32.2 Å². The lowest BCUT2D eigenvalue weighted by atomic mass is 10.2. The van der Waals surface area contributed by atoms with Gasteiger partial charge in [0, 0.05) is 6.07 Å². The maximum atomic E-state index is 13.8. The number of nitrogens with zero attached hydrogens (tertiary/aromatic N) is 2. The van der Waals surface area contributed by atoms with Crippen molar-refractivity contribution in [1.82, 2.24) is 5.43 Å². The third kappa shape index (κ3) is 8.34. The third-order valence-corrected chi connectivity index (χ3v) is 9.07. The maximum absolute atomic E-state index is 13.8. The van der Waals surface area contributed by atoms with Crippen LogP contribution in [-0.2, 0) is 21.4 Å². The molecule has 0 aliphatic heterocycles. The first-order valence-corrected chi connectivity index (χ1v) is 16.0. The van der Waals surface area contributed by atoms with Crippen molar-refractivity contribution in [1.29, 1.82) is 0 Å². The molecule has 45 heavy (non-hydrogen) atoms. The minimum Gasteiger partial charge on any atom is -0.493 e. The molecule has 0 radical (unpaired) electrons. The topological polar surface area (TPSA) is 116 Å². The number of sulfonamides is 1. The van der Waals surface area contributed by atoms with Crippen LogP contribution in [0.25, 0.3) is 0 Å². The Morgan fingerprint density at radius 1 is 0.844 bits per heavy atom. The van der Waals surface area contributed by atoms with Gasteiger partial charge in [0.25, 0.3) is 15.9 Å². The zero-order chi connectivity index (χ0) is 32.6. The van der Waals surface area contributed by atoms with E-state index in [-0.39, 0.29) is 10.6 Å². The fourth-order valence-electron chi connectivity index (χ4n) is 4.27. The van der Waals surface area contributed by atoms with E-state index in [1.807, 2.05) is 38.1 Å². The van der Waals surface area contributed by atoms with Gasteiger partial charge in [0.1, 0.15) is 13.2 Å². The van der Waals surface area contributed by atoms with Gasteiger partial charge in [-0.2, -0.15) is 5.10 Å². The van der Waals surface area contributed by atoms with Crippen molar-refractivity contribution in [2.24, 2.45) is 5.10 Å². The molecule has 0 bridgehead atoms. The third-order valence-electron chi connectivity index (χ3n) is 6.71. The lowest BCUT2D eigenvalue weighted by Crippen LogP contribution is -2.39. The zero-order valence-corrected chi connectivity index (χ0v) is 27.9. The van der Waals surface area contributed by atoms with Crippen LogP contribution in [0.15, 0.2) is 93.3 Å². The van der Waals surface area contributed by atoms with E-state index >= 15 is 0 Å². The predicted octanol–water partition coefficient (Wildman–Crippen LogP) is 6.02. The van der Waals surface area contributed by atoms with Gasteiger partial charge in [0.2, 0.25) is 0 Å². The molecule has 0 fully saturated rings. The van der Waals surface area contributed by atoms with E-state index < -0.39 is 22.5 Å². The maximum Gasteiger partial charge on any atom is 0.264 e. The first kappa shape index (κ1) is 33.3. The number of carbonyl (C=O) groups is 1. The molecule has 4 rings (SSSR count). The summed E-state index contributed by atoms with van der Waals surface area (Å²) >= 11 is 3.53. The molecule has 0 heterocycles. The van der Waals surface area contributed by atoms with E-state index in [0.29, 0.717) is 39.6 Å². The summed E-state index contributed by atoms with van der Waals surface area (Å²) in [6.45, 7) is 3.72. The molecular formula is C33H34BrN3O7S. The van der Waals surface area contributed by atoms with Crippen LogP contribution in [0, 0.1) is 13.8 Å². The predicted molar refractivity (Wildman–Crippen MR) is 177 cm³/mol. The fourth-order valence-corrected chi connectivity index (χ4v) is 6.28. The van der Waals surface area contributed by atoms with Crippen LogP contribution in [0.5, 0.6) is 23.0 Å². The zero-order valence-electron chi connectivity index (χ0n) is 25.5. The van der Waals surface area contributed by atoms with E-state index in [1.165, 1.54) is 45.7 Å². The largest absolute Gasteiger partial charge is 0.493 e. The Bertz CT molecular complexity index is 1780. The van der Waals surface area contributed by atoms with Crippen molar-refractivity contribution in [3.05, 3.63) is 106 Å². The standard InChI is InChI=1S/C33H34BrN3O7S/c1-22-6-10-24(11-7-22)21-44-33-28(34)16-25(17-31(33)43-5)19-35-36-32(38)20-37(26-12-8-23(2)9-13-26)45(39,40)27-14-15-29(41-3)30(18-27)42-4/h6-19H,20-21H2,1-5H3,(H,36,38)/b35-19+. The van der Waals surface area contributed by atoms with Crippen molar-refractivity contribution in [2.75, 3.05) is 32.2 Å². The average Bonchev–Trinajstić information content (AvgIpc) is 3.03. The normalized spacial score (nSPS) is 11.2. The molecule has 0 aliphatic rings. The van der Waals surface area contributed by atoms with Crippen LogP contribution >= 0.6 is 15.9 Å². The van der Waals surface area contributed by atoms with E-state index in [1.54, 1.807) is 36.4 Å². The monoisotopic (exact) mass is 695 g/mol. The Hall–Kier alpha value is -4.55. The van der Waals surface area contributed by atoms with Gasteiger partial charge >= 0.3 is 0 Å². The summed E-state index contributed by atoms with van der Waals surface area (Å²) in [6, 6.07) is 22.6. The molecule has 0 unspecified atom stereocenters. The van der Waals surface area contributed by atoms with Gasteiger partial charge in [-0.05, 0) is 77.3 Å². The van der Waals surface area contributed by atoms with Crippen LogP contribution in [-0.4, -0.2) is 48.4 Å². The van der Waals surface area contributed by atoms with Gasteiger partial charge in [-0.1, -0.05) is 47.5 Å². The Morgan fingerprint density at radius 3 is 2.09 bits per heavy atom. The number of hydrazone groups is 1. The number of nitrogens with one attached hydrogen (secondary N) is 1. The van der Waals surface area contributed by atoms with Gasteiger partial charge in [-0.25, -0.2) is 13.8 Å². The number of halogens is 1. The van der Waals surface area contributed by atoms with E-state index in [4.69, 9.17) is 18.9 Å². The fraction of sp³-hybridized carbons (Fsp3) is 0.212. The number of hydrogen-bond acceptors (Lipinski definition) is 8. The lowest BCUT2D eigenvalue weighted by molar-refractivity contribution is -0.119. The minimum atomic E-state index is -4.20. The van der Waals surface area contributed by atoms with Crippen molar-refractivity contribution in [3.63, 3.8) is 0 Å². The van der Waals surface area contributed by atoms with Crippen LogP contribution in [0.2, 0.25) is 0 Å². The number of anilines is 1. The molecule has 0 aliphatic carbocycles. The molecule has 4 aromatic rings. The first-order chi connectivity index (χ1) is 21.5. The molecule has 1 amide bonds. The SMILES string of the molecule is COc1ccc(S(=O)(=O)N(CC(=O)N/N=C/c2cc(Br)c(OCc3ccc(C)cc3)c(OC)c2)c2ccc(C)cc2)cc1OC. The summed E-state index contributed by atoms with van der Waals surface area (Å²) in [7, 11) is 0.206. The molecule has 0 spiro atoms. The van der Waals surface area contributed by atoms with Crippen LogP contribution < -0.4 is 28.7 Å². The smallest absolute Gasteiger partial charge is 0.264 e. The molecule has 236 valence electrons. The van der Waals surface area contributed by atoms with Crippen molar-refractivity contribution >= 4 is 43.8 Å². The number of hydrogen-bond donors (Lipinski definition) is 1. The molecule has 0 aromatic heterocycles. The highest BCUT2D eigenvalue weighted by molar-refractivity contribution is 9.10. The van der Waals surface area contributed by atoms with Gasteiger partial charge < -0.3 is 18.9 Å². The molecular weight excluding hydrogens is 662 g/mol. The number of carbonyl (C=O) groups excluding carboxylic acids is 1. The lowest BCUT2D eigenvalue weighted by Gasteiger charge is -2.24. The highest BCUT2D eigenvalue weighted by Crippen LogP contribution is 2.37. The van der Waals surface area contributed by atoms with Gasteiger partial charge in [-0.15, -0.1) is 0 Å². The number of rotatable bonds is 13. The Morgan fingerprint density at radius 2 is 1.47 bits per heavy atom.